The second kappa shape index (κ2) is 5.26. The van der Waals surface area contributed by atoms with E-state index in [1.807, 2.05) is 0 Å². The van der Waals surface area contributed by atoms with E-state index in [1.165, 1.54) is 12.5 Å². The van der Waals surface area contributed by atoms with Crippen LogP contribution < -0.4 is 5.32 Å². The van der Waals surface area contributed by atoms with Crippen LogP contribution in [0, 0.1) is 0 Å². The molecule has 0 spiro atoms. The van der Waals surface area contributed by atoms with Crippen molar-refractivity contribution in [3.63, 3.8) is 0 Å². The summed E-state index contributed by atoms with van der Waals surface area (Å²) in [6.07, 6.45) is -4.41. The Kier molecular flexibility index (Phi) is 4.25. The topological polar surface area (TPSA) is 51.2 Å². The molecule has 0 atom stereocenters. The summed E-state index contributed by atoms with van der Waals surface area (Å²) in [5.41, 5.74) is 0.251. The summed E-state index contributed by atoms with van der Waals surface area (Å²) in [4.78, 5) is 14.1. The standard InChI is InChI=1S/C8H9F3N2O2S/c1-15-6(14)3-12-2-5-4-16-7(13-5)8(9,10)11/h4,12H,2-3H2,1H3. The highest BCUT2D eigenvalue weighted by Gasteiger charge is 2.34. The normalized spacial score (nSPS) is 11.5. The van der Waals surface area contributed by atoms with Gasteiger partial charge in [0.1, 0.15) is 0 Å². The van der Waals surface area contributed by atoms with Crippen LogP contribution in [0.25, 0.3) is 0 Å². The first-order valence-corrected chi connectivity index (χ1v) is 5.10. The van der Waals surface area contributed by atoms with Gasteiger partial charge >= 0.3 is 12.1 Å². The Morgan fingerprint density at radius 3 is 2.81 bits per heavy atom. The Hall–Kier alpha value is -1.15. The van der Waals surface area contributed by atoms with Crippen LogP contribution in [0.4, 0.5) is 13.2 Å². The minimum Gasteiger partial charge on any atom is -0.468 e. The number of carbonyl (C=O) groups excluding carboxylic acids is 1. The molecule has 1 rings (SSSR count). The lowest BCUT2D eigenvalue weighted by Gasteiger charge is -2.01. The number of thiazole rings is 1. The van der Waals surface area contributed by atoms with E-state index < -0.39 is 17.2 Å². The lowest BCUT2D eigenvalue weighted by atomic mass is 10.4. The first-order chi connectivity index (χ1) is 7.43. The number of hydrogen-bond acceptors (Lipinski definition) is 5. The first-order valence-electron chi connectivity index (χ1n) is 4.22. The fraction of sp³-hybridized carbons (Fsp3) is 0.500. The van der Waals surface area contributed by atoms with Crippen LogP contribution in [0.2, 0.25) is 0 Å². The summed E-state index contributed by atoms with van der Waals surface area (Å²) in [6, 6.07) is 0. The molecule has 0 saturated heterocycles. The average Bonchev–Trinajstić information content (AvgIpc) is 2.65. The molecule has 8 heteroatoms. The van der Waals surface area contributed by atoms with Gasteiger partial charge in [-0.1, -0.05) is 0 Å². The number of methoxy groups -OCH3 is 1. The van der Waals surface area contributed by atoms with Gasteiger partial charge < -0.3 is 10.1 Å². The van der Waals surface area contributed by atoms with Crippen molar-refractivity contribution in [2.24, 2.45) is 0 Å². The van der Waals surface area contributed by atoms with Gasteiger partial charge in [0.2, 0.25) is 0 Å². The lowest BCUT2D eigenvalue weighted by molar-refractivity contribution is -0.140. The first kappa shape index (κ1) is 12.9. The Labute approximate surface area is 93.4 Å². The smallest absolute Gasteiger partial charge is 0.443 e. The van der Waals surface area contributed by atoms with Gasteiger partial charge in [-0.15, -0.1) is 11.3 Å². The van der Waals surface area contributed by atoms with Gasteiger partial charge in [0.25, 0.3) is 0 Å². The number of halogens is 3. The molecule has 4 nitrogen and oxygen atoms in total. The molecule has 0 aliphatic carbocycles. The van der Waals surface area contributed by atoms with Gasteiger partial charge in [0.05, 0.1) is 19.3 Å². The van der Waals surface area contributed by atoms with E-state index in [0.29, 0.717) is 11.3 Å². The van der Waals surface area contributed by atoms with Crippen LogP contribution in [-0.2, 0) is 22.3 Å². The van der Waals surface area contributed by atoms with Crippen LogP contribution in [0.3, 0.4) is 0 Å². The van der Waals surface area contributed by atoms with E-state index in [9.17, 15) is 18.0 Å². The van der Waals surface area contributed by atoms with Crippen molar-refractivity contribution in [3.8, 4) is 0 Å². The monoisotopic (exact) mass is 254 g/mol. The zero-order valence-electron chi connectivity index (χ0n) is 8.30. The molecule has 1 heterocycles. The second-order valence-corrected chi connectivity index (χ2v) is 3.68. The molecule has 0 fully saturated rings. The number of esters is 1. The molecular weight excluding hydrogens is 245 g/mol. The zero-order chi connectivity index (χ0) is 12.2. The van der Waals surface area contributed by atoms with Crippen molar-refractivity contribution in [1.82, 2.24) is 10.3 Å². The zero-order valence-corrected chi connectivity index (χ0v) is 9.11. The number of aromatic nitrogens is 1. The van der Waals surface area contributed by atoms with Gasteiger partial charge in [-0.3, -0.25) is 4.79 Å². The van der Waals surface area contributed by atoms with Gasteiger partial charge in [-0.2, -0.15) is 13.2 Å². The van der Waals surface area contributed by atoms with Crippen LogP contribution in [0.15, 0.2) is 5.38 Å². The van der Waals surface area contributed by atoms with E-state index in [4.69, 9.17) is 0 Å². The van der Waals surface area contributed by atoms with Gasteiger partial charge in [0.15, 0.2) is 5.01 Å². The number of nitrogens with one attached hydrogen (secondary N) is 1. The molecule has 90 valence electrons. The number of hydrogen-bond donors (Lipinski definition) is 1. The SMILES string of the molecule is COC(=O)CNCc1csc(C(F)(F)F)n1. The molecule has 0 radical (unpaired) electrons. The van der Waals surface area contributed by atoms with E-state index in [1.54, 1.807) is 0 Å². The number of carbonyl (C=O) groups is 1. The largest absolute Gasteiger partial charge is 0.468 e. The minimum absolute atomic E-state index is 0.0601. The number of ether oxygens (including phenoxy) is 1. The third-order valence-corrected chi connectivity index (χ3v) is 2.53. The number of nitrogens with zero attached hydrogens (tertiary/aromatic N) is 1. The third-order valence-electron chi connectivity index (χ3n) is 1.60. The Morgan fingerprint density at radius 2 is 2.31 bits per heavy atom. The van der Waals surface area contributed by atoms with Crippen LogP contribution in [0.1, 0.15) is 10.7 Å². The molecule has 0 aliphatic rings. The van der Waals surface area contributed by atoms with Crippen molar-refractivity contribution in [2.75, 3.05) is 13.7 Å². The Balaban J connectivity index is 2.44. The molecule has 0 unspecified atom stereocenters. The summed E-state index contributed by atoms with van der Waals surface area (Å²) in [5.74, 6) is -0.480. The minimum atomic E-state index is -4.41. The van der Waals surface area contributed by atoms with Crippen LogP contribution in [-0.4, -0.2) is 24.6 Å². The Bertz CT molecular complexity index is 364. The fourth-order valence-electron chi connectivity index (χ4n) is 0.883. The molecule has 1 N–H and O–H groups in total. The molecule has 1 aromatic rings. The molecular formula is C8H9F3N2O2S. The molecule has 0 amide bonds. The molecule has 0 bridgehead atoms. The molecule has 16 heavy (non-hydrogen) atoms. The fourth-order valence-corrected chi connectivity index (χ4v) is 1.57. The van der Waals surface area contributed by atoms with Gasteiger partial charge in [0, 0.05) is 11.9 Å². The predicted octanol–water partition coefficient (Wildman–Crippen LogP) is 1.42. The molecule has 0 saturated carbocycles. The molecule has 0 aromatic carbocycles. The summed E-state index contributed by atoms with van der Waals surface area (Å²) < 4.78 is 40.8. The second-order valence-electron chi connectivity index (χ2n) is 2.82. The van der Waals surface area contributed by atoms with E-state index in [0.717, 1.165) is 0 Å². The number of alkyl halides is 3. The van der Waals surface area contributed by atoms with Crippen molar-refractivity contribution in [3.05, 3.63) is 16.1 Å². The summed E-state index contributed by atoms with van der Waals surface area (Å²) in [7, 11) is 1.23. The molecule has 0 aliphatic heterocycles. The highest BCUT2D eigenvalue weighted by atomic mass is 32.1. The van der Waals surface area contributed by atoms with Crippen molar-refractivity contribution in [2.45, 2.75) is 12.7 Å². The van der Waals surface area contributed by atoms with Crippen LogP contribution in [0.5, 0.6) is 0 Å². The van der Waals surface area contributed by atoms with Crippen molar-refractivity contribution in [1.29, 1.82) is 0 Å². The average molecular weight is 254 g/mol. The number of rotatable bonds is 4. The quantitative estimate of drug-likeness (QED) is 0.826. The highest BCUT2D eigenvalue weighted by Crippen LogP contribution is 2.31. The third kappa shape index (κ3) is 3.78. The maximum atomic E-state index is 12.2. The lowest BCUT2D eigenvalue weighted by Crippen LogP contribution is -2.23. The maximum absolute atomic E-state index is 12.2. The van der Waals surface area contributed by atoms with E-state index in [-0.39, 0.29) is 18.8 Å². The van der Waals surface area contributed by atoms with E-state index in [2.05, 4.69) is 15.0 Å². The maximum Gasteiger partial charge on any atom is 0.443 e. The summed E-state index contributed by atoms with van der Waals surface area (Å²) >= 11 is 0.529. The Morgan fingerprint density at radius 1 is 1.62 bits per heavy atom. The summed E-state index contributed by atoms with van der Waals surface area (Å²) in [5, 5.41) is 3.03. The molecule has 1 aromatic heterocycles. The predicted molar refractivity (Wildman–Crippen MR) is 50.8 cm³/mol. The van der Waals surface area contributed by atoms with Gasteiger partial charge in [-0.05, 0) is 0 Å². The van der Waals surface area contributed by atoms with Crippen molar-refractivity contribution < 1.29 is 22.7 Å². The van der Waals surface area contributed by atoms with Gasteiger partial charge in [-0.25, -0.2) is 4.98 Å². The highest BCUT2D eigenvalue weighted by molar-refractivity contribution is 7.09. The van der Waals surface area contributed by atoms with E-state index >= 15 is 0 Å². The van der Waals surface area contributed by atoms with Crippen molar-refractivity contribution >= 4 is 17.3 Å². The summed E-state index contributed by atoms with van der Waals surface area (Å²) in [6.45, 7) is 0.0387. The van der Waals surface area contributed by atoms with Crippen LogP contribution >= 0.6 is 11.3 Å².